The van der Waals surface area contributed by atoms with Crippen LogP contribution in [0.25, 0.3) is 0 Å². The van der Waals surface area contributed by atoms with Gasteiger partial charge in [0.1, 0.15) is 5.01 Å². The van der Waals surface area contributed by atoms with E-state index in [1.165, 1.54) is 23.5 Å². The second-order valence-corrected chi connectivity index (χ2v) is 5.87. The highest BCUT2D eigenvalue weighted by molar-refractivity contribution is 7.11. The molecule has 2 aromatic rings. The van der Waals surface area contributed by atoms with Gasteiger partial charge in [0.2, 0.25) is 0 Å². The third kappa shape index (κ3) is 3.58. The Labute approximate surface area is 119 Å². The number of nitrogens with one attached hydrogen (secondary N) is 1. The van der Waals surface area contributed by atoms with Gasteiger partial charge in [-0.15, -0.1) is 11.3 Å². The van der Waals surface area contributed by atoms with E-state index in [9.17, 15) is 13.2 Å². The van der Waals surface area contributed by atoms with E-state index in [0.29, 0.717) is 6.54 Å². The number of hydrogen-bond donors (Lipinski definition) is 1. The first-order chi connectivity index (χ1) is 9.38. The molecule has 2 nitrogen and oxygen atoms in total. The van der Waals surface area contributed by atoms with Crippen LogP contribution in [0.3, 0.4) is 0 Å². The van der Waals surface area contributed by atoms with Crippen LogP contribution in [0.15, 0.2) is 30.5 Å². The largest absolute Gasteiger partial charge is 0.416 e. The molecule has 108 valence electrons. The van der Waals surface area contributed by atoms with Gasteiger partial charge in [0.15, 0.2) is 0 Å². The van der Waals surface area contributed by atoms with E-state index in [2.05, 4.69) is 10.3 Å². The SMILES string of the molecule is Cc1cnc(CNC(C)c2ccccc2C(F)(F)F)s1. The lowest BCUT2D eigenvalue weighted by atomic mass is 10.0. The van der Waals surface area contributed by atoms with E-state index in [1.54, 1.807) is 19.2 Å². The highest BCUT2D eigenvalue weighted by Crippen LogP contribution is 2.34. The maximum atomic E-state index is 12.9. The molecule has 0 bridgehead atoms. The number of nitrogens with zero attached hydrogens (tertiary/aromatic N) is 1. The van der Waals surface area contributed by atoms with E-state index in [-0.39, 0.29) is 5.56 Å². The zero-order chi connectivity index (χ0) is 14.8. The highest BCUT2D eigenvalue weighted by atomic mass is 32.1. The van der Waals surface area contributed by atoms with E-state index < -0.39 is 17.8 Å². The fourth-order valence-corrected chi connectivity index (χ4v) is 2.70. The van der Waals surface area contributed by atoms with Crippen LogP contribution in [0, 0.1) is 6.92 Å². The van der Waals surface area contributed by atoms with Crippen molar-refractivity contribution in [3.8, 4) is 0 Å². The Hall–Kier alpha value is -1.40. The standard InChI is InChI=1S/C14H15F3N2S/c1-9-7-19-13(20-9)8-18-10(2)11-5-3-4-6-12(11)14(15,16)17/h3-7,10,18H,8H2,1-2H3. The molecule has 0 spiro atoms. The second-order valence-electron chi connectivity index (χ2n) is 4.55. The summed E-state index contributed by atoms with van der Waals surface area (Å²) in [4.78, 5) is 5.27. The Bertz CT molecular complexity index is 578. The molecular formula is C14H15F3N2S. The molecule has 0 saturated carbocycles. The Morgan fingerprint density at radius 3 is 2.60 bits per heavy atom. The van der Waals surface area contributed by atoms with Crippen LogP contribution >= 0.6 is 11.3 Å². The molecule has 0 fully saturated rings. The maximum Gasteiger partial charge on any atom is 0.416 e. The number of halogens is 3. The molecule has 6 heteroatoms. The van der Waals surface area contributed by atoms with Crippen molar-refractivity contribution in [3.63, 3.8) is 0 Å². The van der Waals surface area contributed by atoms with E-state index in [1.807, 2.05) is 6.92 Å². The fraction of sp³-hybridized carbons (Fsp3) is 0.357. The van der Waals surface area contributed by atoms with Gasteiger partial charge in [0.05, 0.1) is 5.56 Å². The number of aryl methyl sites for hydroxylation is 1. The number of hydrogen-bond acceptors (Lipinski definition) is 3. The van der Waals surface area contributed by atoms with Gasteiger partial charge in [-0.25, -0.2) is 4.98 Å². The number of benzene rings is 1. The zero-order valence-electron chi connectivity index (χ0n) is 11.2. The molecule has 1 heterocycles. The summed E-state index contributed by atoms with van der Waals surface area (Å²) < 4.78 is 38.8. The lowest BCUT2D eigenvalue weighted by Gasteiger charge is -2.19. The minimum absolute atomic E-state index is 0.258. The monoisotopic (exact) mass is 300 g/mol. The van der Waals surface area contributed by atoms with Crippen LogP contribution < -0.4 is 5.32 Å². The average molecular weight is 300 g/mol. The minimum Gasteiger partial charge on any atom is -0.304 e. The van der Waals surface area contributed by atoms with Crippen molar-refractivity contribution in [2.24, 2.45) is 0 Å². The van der Waals surface area contributed by atoms with Crippen LogP contribution in [0.1, 0.15) is 34.0 Å². The molecule has 0 radical (unpaired) electrons. The molecule has 1 N–H and O–H groups in total. The van der Waals surface area contributed by atoms with E-state index >= 15 is 0 Å². The smallest absolute Gasteiger partial charge is 0.304 e. The van der Waals surface area contributed by atoms with Crippen molar-refractivity contribution >= 4 is 11.3 Å². The van der Waals surface area contributed by atoms with Crippen molar-refractivity contribution in [1.82, 2.24) is 10.3 Å². The normalized spacial score (nSPS) is 13.4. The van der Waals surface area contributed by atoms with Gasteiger partial charge in [-0.05, 0) is 25.5 Å². The van der Waals surface area contributed by atoms with Crippen LogP contribution in [-0.2, 0) is 12.7 Å². The van der Waals surface area contributed by atoms with Gasteiger partial charge in [-0.2, -0.15) is 13.2 Å². The number of alkyl halides is 3. The van der Waals surface area contributed by atoms with Crippen LogP contribution in [0.4, 0.5) is 13.2 Å². The van der Waals surface area contributed by atoms with Crippen molar-refractivity contribution in [2.75, 3.05) is 0 Å². The van der Waals surface area contributed by atoms with Gasteiger partial charge in [0, 0.05) is 23.7 Å². The molecule has 0 aliphatic heterocycles. The molecule has 0 aliphatic carbocycles. The third-order valence-electron chi connectivity index (χ3n) is 2.96. The molecule has 0 amide bonds. The summed E-state index contributed by atoms with van der Waals surface area (Å²) in [5.41, 5.74) is -0.330. The van der Waals surface area contributed by atoms with Gasteiger partial charge in [-0.1, -0.05) is 18.2 Å². The third-order valence-corrected chi connectivity index (χ3v) is 3.87. The number of thiazole rings is 1. The molecule has 1 aromatic carbocycles. The molecule has 20 heavy (non-hydrogen) atoms. The van der Waals surface area contributed by atoms with Crippen LogP contribution in [0.2, 0.25) is 0 Å². The van der Waals surface area contributed by atoms with Crippen molar-refractivity contribution < 1.29 is 13.2 Å². The summed E-state index contributed by atoms with van der Waals surface area (Å²) in [6.07, 6.45) is -2.57. The first-order valence-corrected chi connectivity index (χ1v) is 7.00. The van der Waals surface area contributed by atoms with E-state index in [4.69, 9.17) is 0 Å². The number of rotatable bonds is 4. The minimum atomic E-state index is -4.33. The Morgan fingerprint density at radius 1 is 1.30 bits per heavy atom. The predicted octanol–water partition coefficient (Wildman–Crippen LogP) is 4.32. The highest BCUT2D eigenvalue weighted by Gasteiger charge is 2.34. The predicted molar refractivity (Wildman–Crippen MR) is 73.5 cm³/mol. The summed E-state index contributed by atoms with van der Waals surface area (Å²) in [6.45, 7) is 4.14. The molecule has 0 aliphatic rings. The summed E-state index contributed by atoms with van der Waals surface area (Å²) >= 11 is 1.54. The lowest BCUT2D eigenvalue weighted by Crippen LogP contribution is -2.21. The summed E-state index contributed by atoms with van der Waals surface area (Å²) in [6, 6.07) is 5.26. The Kier molecular flexibility index (Phi) is 4.45. The number of aromatic nitrogens is 1. The average Bonchev–Trinajstić information content (AvgIpc) is 2.81. The summed E-state index contributed by atoms with van der Waals surface area (Å²) in [5.74, 6) is 0. The van der Waals surface area contributed by atoms with Gasteiger partial charge >= 0.3 is 6.18 Å². The zero-order valence-corrected chi connectivity index (χ0v) is 12.0. The summed E-state index contributed by atoms with van der Waals surface area (Å²) in [7, 11) is 0. The van der Waals surface area contributed by atoms with Gasteiger partial charge in [-0.3, -0.25) is 0 Å². The van der Waals surface area contributed by atoms with Crippen LogP contribution in [-0.4, -0.2) is 4.98 Å². The Balaban J connectivity index is 2.11. The van der Waals surface area contributed by atoms with E-state index in [0.717, 1.165) is 16.0 Å². The molecule has 1 atom stereocenters. The fourth-order valence-electron chi connectivity index (χ4n) is 1.97. The van der Waals surface area contributed by atoms with Gasteiger partial charge in [0.25, 0.3) is 0 Å². The Morgan fingerprint density at radius 2 is 2.00 bits per heavy atom. The van der Waals surface area contributed by atoms with Gasteiger partial charge < -0.3 is 5.32 Å². The molecule has 1 unspecified atom stereocenters. The first-order valence-electron chi connectivity index (χ1n) is 6.18. The molecule has 0 saturated heterocycles. The quantitative estimate of drug-likeness (QED) is 0.909. The van der Waals surface area contributed by atoms with Crippen molar-refractivity contribution in [3.05, 3.63) is 51.5 Å². The summed E-state index contributed by atoms with van der Waals surface area (Å²) in [5, 5.41) is 3.96. The lowest BCUT2D eigenvalue weighted by molar-refractivity contribution is -0.138. The van der Waals surface area contributed by atoms with Crippen LogP contribution in [0.5, 0.6) is 0 Å². The van der Waals surface area contributed by atoms with Crippen molar-refractivity contribution in [1.29, 1.82) is 0 Å². The molecule has 2 rings (SSSR count). The first kappa shape index (κ1) is 15.0. The van der Waals surface area contributed by atoms with Crippen molar-refractivity contribution in [2.45, 2.75) is 32.6 Å². The molecule has 1 aromatic heterocycles. The molecular weight excluding hydrogens is 285 g/mol. The maximum absolute atomic E-state index is 12.9. The topological polar surface area (TPSA) is 24.9 Å². The second kappa shape index (κ2) is 5.93.